The Balaban J connectivity index is 0.000000568. The quantitative estimate of drug-likeness (QED) is 0.672. The summed E-state index contributed by atoms with van der Waals surface area (Å²) in [7, 11) is 0. The highest BCUT2D eigenvalue weighted by atomic mass is 16.6. The van der Waals surface area contributed by atoms with Crippen molar-refractivity contribution in [3.63, 3.8) is 0 Å². The van der Waals surface area contributed by atoms with Crippen LogP contribution >= 0.6 is 0 Å². The first kappa shape index (κ1) is 23.4. The summed E-state index contributed by atoms with van der Waals surface area (Å²) >= 11 is 0. The van der Waals surface area contributed by atoms with Crippen molar-refractivity contribution in [2.24, 2.45) is 11.7 Å². The normalized spacial score (nSPS) is 15.8. The van der Waals surface area contributed by atoms with E-state index < -0.39 is 17.5 Å². The molecule has 0 radical (unpaired) electrons. The molecule has 1 aromatic rings. The van der Waals surface area contributed by atoms with Gasteiger partial charge in [0, 0.05) is 13.1 Å². The minimum absolute atomic E-state index is 0.199. The number of ether oxygens (including phenoxy) is 1. The Morgan fingerprint density at radius 3 is 2.00 bits per heavy atom. The molecule has 1 aliphatic heterocycles. The number of hydrogen-bond donors (Lipinski definition) is 3. The van der Waals surface area contributed by atoms with Crippen LogP contribution in [0.2, 0.25) is 0 Å². The molecule has 1 atom stereocenters. The summed E-state index contributed by atoms with van der Waals surface area (Å²) in [6.45, 7) is 7.86. The first-order valence-electron chi connectivity index (χ1n) is 9.24. The molecule has 0 saturated carbocycles. The standard InChI is InChI=1S/C18H28N2O2.C2H2O4/c1-18(2,3)22-17(21)20-11-9-15(10-12-20)16(13-19)14-7-5-4-6-8-14;3-1(4)2(5)6/h4-8,15-16H,9-13,19H2,1-3H3;(H,3,4)(H,5,6). The van der Waals surface area contributed by atoms with Crippen molar-refractivity contribution in [3.8, 4) is 0 Å². The Labute approximate surface area is 165 Å². The van der Waals surface area contributed by atoms with Gasteiger partial charge in [-0.1, -0.05) is 30.3 Å². The molecule has 1 amide bonds. The number of aliphatic carboxylic acids is 2. The second kappa shape index (κ2) is 10.7. The first-order valence-corrected chi connectivity index (χ1v) is 9.24. The number of benzene rings is 1. The lowest BCUT2D eigenvalue weighted by Crippen LogP contribution is -2.43. The minimum atomic E-state index is -1.82. The van der Waals surface area contributed by atoms with Crippen molar-refractivity contribution in [1.82, 2.24) is 4.90 Å². The third-order valence-corrected chi connectivity index (χ3v) is 4.42. The van der Waals surface area contributed by atoms with E-state index in [2.05, 4.69) is 24.3 Å². The molecule has 1 unspecified atom stereocenters. The van der Waals surface area contributed by atoms with Gasteiger partial charge in [-0.3, -0.25) is 0 Å². The highest BCUT2D eigenvalue weighted by Crippen LogP contribution is 2.32. The second-order valence-corrected chi connectivity index (χ2v) is 7.67. The largest absolute Gasteiger partial charge is 0.473 e. The van der Waals surface area contributed by atoms with Crippen molar-refractivity contribution in [1.29, 1.82) is 0 Å². The molecule has 156 valence electrons. The Hall–Kier alpha value is -2.61. The highest BCUT2D eigenvalue weighted by molar-refractivity contribution is 6.27. The zero-order valence-electron chi connectivity index (χ0n) is 16.6. The molecule has 1 saturated heterocycles. The fourth-order valence-electron chi connectivity index (χ4n) is 3.11. The lowest BCUT2D eigenvalue weighted by Gasteiger charge is -2.36. The van der Waals surface area contributed by atoms with Crippen LogP contribution in [-0.2, 0) is 14.3 Å². The lowest BCUT2D eigenvalue weighted by atomic mass is 9.80. The predicted molar refractivity (Wildman–Crippen MR) is 104 cm³/mol. The zero-order valence-corrected chi connectivity index (χ0v) is 16.6. The van der Waals surface area contributed by atoms with Gasteiger partial charge in [0.15, 0.2) is 0 Å². The lowest BCUT2D eigenvalue weighted by molar-refractivity contribution is -0.159. The predicted octanol–water partition coefficient (Wildman–Crippen LogP) is 2.53. The Morgan fingerprint density at radius 2 is 1.61 bits per heavy atom. The van der Waals surface area contributed by atoms with Crippen LogP contribution in [0.5, 0.6) is 0 Å². The number of carboxylic acid groups (broad SMARTS) is 2. The van der Waals surface area contributed by atoms with E-state index in [1.807, 2.05) is 31.7 Å². The van der Waals surface area contributed by atoms with E-state index in [0.29, 0.717) is 18.4 Å². The number of carbonyl (C=O) groups excluding carboxylic acids is 1. The average molecular weight is 394 g/mol. The third-order valence-electron chi connectivity index (χ3n) is 4.42. The SMILES string of the molecule is CC(C)(C)OC(=O)N1CCC(C(CN)c2ccccc2)CC1.O=C(O)C(=O)O. The van der Waals surface area contributed by atoms with E-state index in [0.717, 1.165) is 25.9 Å². The van der Waals surface area contributed by atoms with Gasteiger partial charge < -0.3 is 25.6 Å². The number of piperidine rings is 1. The minimum Gasteiger partial charge on any atom is -0.473 e. The van der Waals surface area contributed by atoms with E-state index in [4.69, 9.17) is 30.3 Å². The number of carboxylic acids is 2. The van der Waals surface area contributed by atoms with Gasteiger partial charge >= 0.3 is 18.0 Å². The Bertz CT molecular complexity index is 636. The number of amides is 1. The number of nitrogens with zero attached hydrogens (tertiary/aromatic N) is 1. The molecule has 1 heterocycles. The van der Waals surface area contributed by atoms with Crippen molar-refractivity contribution < 1.29 is 29.3 Å². The molecule has 28 heavy (non-hydrogen) atoms. The van der Waals surface area contributed by atoms with E-state index >= 15 is 0 Å². The first-order chi connectivity index (χ1) is 13.0. The molecule has 1 aromatic carbocycles. The molecule has 0 aliphatic carbocycles. The highest BCUT2D eigenvalue weighted by Gasteiger charge is 2.30. The molecular formula is C20H30N2O6. The monoisotopic (exact) mass is 394 g/mol. The van der Waals surface area contributed by atoms with Crippen LogP contribution in [0.15, 0.2) is 30.3 Å². The van der Waals surface area contributed by atoms with Gasteiger partial charge in [0.05, 0.1) is 0 Å². The summed E-state index contributed by atoms with van der Waals surface area (Å²) in [6.07, 6.45) is 1.77. The molecule has 8 nitrogen and oxygen atoms in total. The van der Waals surface area contributed by atoms with Crippen LogP contribution < -0.4 is 5.73 Å². The van der Waals surface area contributed by atoms with E-state index in [1.54, 1.807) is 0 Å². The summed E-state index contributed by atoms with van der Waals surface area (Å²) in [5, 5.41) is 14.8. The molecule has 1 fully saturated rings. The van der Waals surface area contributed by atoms with Crippen molar-refractivity contribution in [2.75, 3.05) is 19.6 Å². The van der Waals surface area contributed by atoms with Crippen LogP contribution in [0, 0.1) is 5.92 Å². The molecule has 8 heteroatoms. The Kier molecular flexibility index (Phi) is 8.91. The number of rotatable bonds is 3. The maximum absolute atomic E-state index is 12.1. The molecule has 4 N–H and O–H groups in total. The van der Waals surface area contributed by atoms with Gasteiger partial charge in [-0.2, -0.15) is 0 Å². The number of hydrogen-bond acceptors (Lipinski definition) is 5. The van der Waals surface area contributed by atoms with Crippen molar-refractivity contribution in [2.45, 2.75) is 45.1 Å². The molecule has 0 bridgehead atoms. The van der Waals surface area contributed by atoms with Gasteiger partial charge in [-0.25, -0.2) is 14.4 Å². The van der Waals surface area contributed by atoms with Gasteiger partial charge in [-0.15, -0.1) is 0 Å². The Morgan fingerprint density at radius 1 is 1.11 bits per heavy atom. The number of likely N-dealkylation sites (tertiary alicyclic amines) is 1. The van der Waals surface area contributed by atoms with E-state index in [1.165, 1.54) is 5.56 Å². The van der Waals surface area contributed by atoms with E-state index in [-0.39, 0.29) is 6.09 Å². The van der Waals surface area contributed by atoms with Crippen LogP contribution in [0.25, 0.3) is 0 Å². The van der Waals surface area contributed by atoms with Gasteiger partial charge in [0.2, 0.25) is 0 Å². The van der Waals surface area contributed by atoms with Crippen molar-refractivity contribution >= 4 is 18.0 Å². The maximum atomic E-state index is 12.1. The molecular weight excluding hydrogens is 364 g/mol. The fourth-order valence-corrected chi connectivity index (χ4v) is 3.11. The topological polar surface area (TPSA) is 130 Å². The molecule has 2 rings (SSSR count). The van der Waals surface area contributed by atoms with Crippen LogP contribution in [0.1, 0.15) is 45.1 Å². The second-order valence-electron chi connectivity index (χ2n) is 7.67. The summed E-state index contributed by atoms with van der Waals surface area (Å²) < 4.78 is 5.45. The number of carbonyl (C=O) groups is 3. The summed E-state index contributed by atoms with van der Waals surface area (Å²) in [5.74, 6) is -2.74. The molecule has 0 spiro atoms. The van der Waals surface area contributed by atoms with Crippen LogP contribution in [-0.4, -0.2) is 58.4 Å². The maximum Gasteiger partial charge on any atom is 0.414 e. The van der Waals surface area contributed by atoms with Crippen LogP contribution in [0.3, 0.4) is 0 Å². The molecule has 1 aliphatic rings. The summed E-state index contributed by atoms with van der Waals surface area (Å²) in [6, 6.07) is 10.5. The van der Waals surface area contributed by atoms with Crippen LogP contribution in [0.4, 0.5) is 4.79 Å². The number of nitrogens with two attached hydrogens (primary N) is 1. The van der Waals surface area contributed by atoms with Gasteiger partial charge in [0.25, 0.3) is 0 Å². The molecule has 0 aromatic heterocycles. The summed E-state index contributed by atoms with van der Waals surface area (Å²) in [5.41, 5.74) is 6.88. The zero-order chi connectivity index (χ0) is 21.3. The average Bonchev–Trinajstić information content (AvgIpc) is 2.63. The van der Waals surface area contributed by atoms with E-state index in [9.17, 15) is 4.79 Å². The summed E-state index contributed by atoms with van der Waals surface area (Å²) in [4.78, 5) is 32.1. The van der Waals surface area contributed by atoms with Gasteiger partial charge in [0.1, 0.15) is 5.60 Å². The fraction of sp³-hybridized carbons (Fsp3) is 0.550. The smallest absolute Gasteiger partial charge is 0.414 e. The third kappa shape index (κ3) is 7.96. The van der Waals surface area contributed by atoms with Crippen molar-refractivity contribution in [3.05, 3.63) is 35.9 Å². The van der Waals surface area contributed by atoms with Gasteiger partial charge in [-0.05, 0) is 57.6 Å².